The number of furan rings is 2. The molecule has 2 heterocycles. The van der Waals surface area contributed by atoms with Crippen LogP contribution < -0.4 is 4.90 Å². The van der Waals surface area contributed by atoms with Crippen molar-refractivity contribution < 1.29 is 8.83 Å². The number of benzene rings is 8. The van der Waals surface area contributed by atoms with Gasteiger partial charge in [-0.3, -0.25) is 0 Å². The Balaban J connectivity index is 1.30. The van der Waals surface area contributed by atoms with E-state index >= 15 is 0 Å². The molecule has 0 aliphatic rings. The Kier molecular flexibility index (Phi) is 6.18. The summed E-state index contributed by atoms with van der Waals surface area (Å²) in [6.07, 6.45) is 0. The zero-order valence-corrected chi connectivity index (χ0v) is 26.5. The zero-order valence-electron chi connectivity index (χ0n) is 26.5. The first-order chi connectivity index (χ1) is 24.3. The first-order valence-electron chi connectivity index (χ1n) is 16.6. The Labute approximate surface area is 282 Å². The summed E-state index contributed by atoms with van der Waals surface area (Å²) in [6.45, 7) is 0. The van der Waals surface area contributed by atoms with E-state index in [1.54, 1.807) is 0 Å². The van der Waals surface area contributed by atoms with Gasteiger partial charge in [-0.15, -0.1) is 0 Å². The van der Waals surface area contributed by atoms with E-state index in [-0.39, 0.29) is 0 Å². The lowest BCUT2D eigenvalue weighted by atomic mass is 9.95. The van der Waals surface area contributed by atoms with Crippen LogP contribution in [0.3, 0.4) is 0 Å². The summed E-state index contributed by atoms with van der Waals surface area (Å²) < 4.78 is 13.1. The number of fused-ring (bicyclic) bond motifs is 8. The molecular formula is C46H29NO2. The van der Waals surface area contributed by atoms with Crippen LogP contribution in [0.5, 0.6) is 0 Å². The van der Waals surface area contributed by atoms with Gasteiger partial charge in [0.05, 0.1) is 22.4 Å². The third-order valence-electron chi connectivity index (χ3n) is 9.67. The third kappa shape index (κ3) is 4.29. The smallest absolute Gasteiger partial charge is 0.143 e. The molecule has 0 saturated heterocycles. The Morgan fingerprint density at radius 2 is 0.918 bits per heavy atom. The van der Waals surface area contributed by atoms with Crippen LogP contribution in [0.4, 0.5) is 17.1 Å². The molecule has 10 aromatic rings. The lowest BCUT2D eigenvalue weighted by Gasteiger charge is -2.30. The van der Waals surface area contributed by atoms with E-state index in [1.165, 1.54) is 5.39 Å². The van der Waals surface area contributed by atoms with E-state index in [2.05, 4.69) is 169 Å². The summed E-state index contributed by atoms with van der Waals surface area (Å²) in [7, 11) is 0. The maximum Gasteiger partial charge on any atom is 0.143 e. The fourth-order valence-electron chi connectivity index (χ4n) is 7.54. The van der Waals surface area contributed by atoms with Crippen LogP contribution in [0.25, 0.3) is 76.9 Å². The van der Waals surface area contributed by atoms with E-state index in [9.17, 15) is 0 Å². The molecule has 0 fully saturated rings. The zero-order chi connectivity index (χ0) is 32.3. The minimum Gasteiger partial charge on any atom is -0.456 e. The van der Waals surface area contributed by atoms with E-state index in [0.717, 1.165) is 88.6 Å². The average molecular weight is 628 g/mol. The highest BCUT2D eigenvalue weighted by Crippen LogP contribution is 2.50. The van der Waals surface area contributed by atoms with Gasteiger partial charge >= 0.3 is 0 Å². The molecule has 0 saturated carbocycles. The van der Waals surface area contributed by atoms with Gasteiger partial charge in [-0.05, 0) is 59.0 Å². The van der Waals surface area contributed by atoms with Crippen molar-refractivity contribution in [3.05, 3.63) is 176 Å². The molecule has 3 heteroatoms. The minimum absolute atomic E-state index is 0.855. The SMILES string of the molecule is c1ccc(-c2ccccc2N(c2ccccc2-c2cccc3oc4c5ccccc5ccc4c23)c2cccc3oc4ccccc4c23)cc1. The predicted molar refractivity (Wildman–Crippen MR) is 204 cm³/mol. The molecule has 49 heavy (non-hydrogen) atoms. The number of anilines is 3. The number of para-hydroxylation sites is 3. The summed E-state index contributed by atoms with van der Waals surface area (Å²) >= 11 is 0. The van der Waals surface area contributed by atoms with Crippen LogP contribution in [0.15, 0.2) is 185 Å². The predicted octanol–water partition coefficient (Wildman–Crippen LogP) is 13.4. The van der Waals surface area contributed by atoms with Crippen LogP contribution in [0.1, 0.15) is 0 Å². The Morgan fingerprint density at radius 3 is 1.78 bits per heavy atom. The molecule has 0 unspecified atom stereocenters. The lowest BCUT2D eigenvalue weighted by Crippen LogP contribution is -2.12. The third-order valence-corrected chi connectivity index (χ3v) is 9.67. The average Bonchev–Trinajstić information content (AvgIpc) is 3.75. The number of hydrogen-bond donors (Lipinski definition) is 0. The van der Waals surface area contributed by atoms with Crippen molar-refractivity contribution in [1.82, 2.24) is 0 Å². The highest BCUT2D eigenvalue weighted by atomic mass is 16.3. The summed E-state index contributed by atoms with van der Waals surface area (Å²) in [5.74, 6) is 0. The normalized spacial score (nSPS) is 11.7. The summed E-state index contributed by atoms with van der Waals surface area (Å²) in [5.41, 5.74) is 11.2. The lowest BCUT2D eigenvalue weighted by molar-refractivity contribution is 0.669. The molecule has 8 aromatic carbocycles. The number of rotatable bonds is 5. The topological polar surface area (TPSA) is 29.5 Å². The van der Waals surface area contributed by atoms with Crippen molar-refractivity contribution in [2.45, 2.75) is 0 Å². The molecule has 0 spiro atoms. The number of nitrogens with zero attached hydrogens (tertiary/aromatic N) is 1. The molecule has 0 amide bonds. The highest BCUT2D eigenvalue weighted by Gasteiger charge is 2.25. The molecule has 0 radical (unpaired) electrons. The van der Waals surface area contributed by atoms with Crippen molar-refractivity contribution >= 4 is 71.7 Å². The van der Waals surface area contributed by atoms with Gasteiger partial charge in [-0.1, -0.05) is 133 Å². The Morgan fingerprint density at radius 1 is 0.327 bits per heavy atom. The second-order valence-electron chi connectivity index (χ2n) is 12.4. The van der Waals surface area contributed by atoms with Gasteiger partial charge in [0.2, 0.25) is 0 Å². The second kappa shape index (κ2) is 11.0. The Bertz CT molecular complexity index is 2840. The largest absolute Gasteiger partial charge is 0.456 e. The minimum atomic E-state index is 0.855. The maximum atomic E-state index is 6.64. The standard InChI is InChI=1S/C46H29NO2/c1-2-14-30(15-3-1)32-17-6-9-22-38(32)47(40-24-13-27-43-45(40)36-20-8-11-25-41(36)48-43)39-23-10-7-19-34(39)35-21-12-26-42-44(35)37-29-28-31-16-4-5-18-33(31)46(37)49-42/h1-29H. The van der Waals surface area contributed by atoms with Crippen molar-refractivity contribution in [3.63, 3.8) is 0 Å². The first-order valence-corrected chi connectivity index (χ1v) is 16.6. The summed E-state index contributed by atoms with van der Waals surface area (Å²) in [5, 5.41) is 6.67. The molecule has 0 bridgehead atoms. The Hall–Kier alpha value is -6.58. The molecule has 0 atom stereocenters. The van der Waals surface area contributed by atoms with E-state index in [1.807, 2.05) is 12.1 Å². The van der Waals surface area contributed by atoms with Crippen LogP contribution in [-0.2, 0) is 0 Å². The van der Waals surface area contributed by atoms with Crippen molar-refractivity contribution in [3.8, 4) is 22.3 Å². The van der Waals surface area contributed by atoms with Gasteiger partial charge in [-0.2, -0.15) is 0 Å². The second-order valence-corrected chi connectivity index (χ2v) is 12.4. The van der Waals surface area contributed by atoms with E-state index in [0.29, 0.717) is 0 Å². The van der Waals surface area contributed by atoms with E-state index < -0.39 is 0 Å². The monoisotopic (exact) mass is 627 g/mol. The summed E-state index contributed by atoms with van der Waals surface area (Å²) in [4.78, 5) is 2.42. The van der Waals surface area contributed by atoms with Gasteiger partial charge in [0.15, 0.2) is 0 Å². The van der Waals surface area contributed by atoms with Crippen molar-refractivity contribution in [2.24, 2.45) is 0 Å². The van der Waals surface area contributed by atoms with Gasteiger partial charge in [-0.25, -0.2) is 0 Å². The molecule has 0 aliphatic carbocycles. The summed E-state index contributed by atoms with van der Waals surface area (Å²) in [6, 6.07) is 61.9. The van der Waals surface area contributed by atoms with Gasteiger partial charge in [0.25, 0.3) is 0 Å². The van der Waals surface area contributed by atoms with Crippen LogP contribution in [0, 0.1) is 0 Å². The molecule has 3 nitrogen and oxygen atoms in total. The molecule has 230 valence electrons. The molecule has 0 N–H and O–H groups in total. The fraction of sp³-hybridized carbons (Fsp3) is 0. The molecule has 2 aromatic heterocycles. The highest BCUT2D eigenvalue weighted by molar-refractivity contribution is 6.20. The fourth-order valence-corrected chi connectivity index (χ4v) is 7.54. The van der Waals surface area contributed by atoms with Crippen molar-refractivity contribution in [1.29, 1.82) is 0 Å². The van der Waals surface area contributed by atoms with Crippen LogP contribution in [-0.4, -0.2) is 0 Å². The van der Waals surface area contributed by atoms with Crippen LogP contribution >= 0.6 is 0 Å². The van der Waals surface area contributed by atoms with Gasteiger partial charge in [0, 0.05) is 32.7 Å². The molecule has 10 rings (SSSR count). The van der Waals surface area contributed by atoms with Gasteiger partial charge in [0.1, 0.15) is 22.3 Å². The quantitative estimate of drug-likeness (QED) is 0.190. The van der Waals surface area contributed by atoms with Crippen LogP contribution in [0.2, 0.25) is 0 Å². The number of hydrogen-bond acceptors (Lipinski definition) is 3. The maximum absolute atomic E-state index is 6.64. The van der Waals surface area contributed by atoms with Gasteiger partial charge < -0.3 is 13.7 Å². The van der Waals surface area contributed by atoms with Crippen molar-refractivity contribution in [2.75, 3.05) is 4.90 Å². The molecule has 0 aliphatic heterocycles. The first kappa shape index (κ1) is 27.5. The molecular weight excluding hydrogens is 599 g/mol. The van der Waals surface area contributed by atoms with E-state index in [4.69, 9.17) is 8.83 Å².